The molecular formula is C24H25F21O11. The third kappa shape index (κ3) is 7.56. The van der Waals surface area contributed by atoms with E-state index in [0.29, 0.717) is 0 Å². The molecule has 10 atom stereocenters. The first-order valence-corrected chi connectivity index (χ1v) is 14.4. The van der Waals surface area contributed by atoms with Crippen LogP contribution in [0.1, 0.15) is 6.42 Å². The van der Waals surface area contributed by atoms with Crippen molar-refractivity contribution in [3.8, 4) is 0 Å². The van der Waals surface area contributed by atoms with Crippen LogP contribution in [0.15, 0.2) is 0 Å². The molecule has 0 amide bonds. The standard InChI is InChI=1S/C24H25F21O11/c25-15(26,1-2-53-13-11(52)9(50)12(6(4-47)55-13)56-14-10(51)8(49)7(48)5(3-46)54-14)16(27,28)17(29,30)18(31,32)19(33,34)20(35,36)21(37,38)22(39,40)23(41,42)24(43,44)45/h5-14,46-52H,1-4H2/t5-,6-,7+,8+,9-,10-,11-,12-,13-,14+/m1/s1. The lowest BCUT2D eigenvalue weighted by Gasteiger charge is -2.46. The largest absolute Gasteiger partial charge is 0.460 e. The molecule has 2 heterocycles. The van der Waals surface area contributed by atoms with Gasteiger partial charge < -0.3 is 54.7 Å². The minimum atomic E-state index is -9.33. The van der Waals surface area contributed by atoms with Crippen LogP contribution in [0.5, 0.6) is 0 Å². The summed E-state index contributed by atoms with van der Waals surface area (Å²) in [5.41, 5.74) is 0. The Morgan fingerprint density at radius 3 is 1.16 bits per heavy atom. The SMILES string of the molecule is OC[C@H]1O[C@@H](O[C@H]2[C@H](O)[C@@H](O)[C@H](OCCC(F)(F)C(F)(F)C(F)(F)C(F)(F)C(F)(F)C(F)(F)C(F)(F)C(F)(F)C(F)(F)C(F)(F)F)O[C@@H]2CO)[C@H](O)[C@@H](O)[C@H]1O. The van der Waals surface area contributed by atoms with Gasteiger partial charge in [0.1, 0.15) is 48.8 Å². The second-order valence-electron chi connectivity index (χ2n) is 11.9. The summed E-state index contributed by atoms with van der Waals surface area (Å²) >= 11 is 0. The van der Waals surface area contributed by atoms with Crippen molar-refractivity contribution in [2.24, 2.45) is 0 Å². The summed E-state index contributed by atoms with van der Waals surface area (Å²) in [6.45, 7) is -4.82. The summed E-state index contributed by atoms with van der Waals surface area (Å²) < 4.78 is 304. The van der Waals surface area contributed by atoms with Gasteiger partial charge in [0.15, 0.2) is 12.6 Å². The van der Waals surface area contributed by atoms with E-state index in [0.717, 1.165) is 0 Å². The zero-order chi connectivity index (χ0) is 44.4. The molecule has 0 unspecified atom stereocenters. The topological polar surface area (TPSA) is 179 Å². The molecule has 2 saturated heterocycles. The van der Waals surface area contributed by atoms with Gasteiger partial charge in [-0.3, -0.25) is 0 Å². The number of halogens is 21. The maximum absolute atomic E-state index is 14.3. The predicted octanol–water partition coefficient (Wildman–Crippen LogP) is 2.30. The van der Waals surface area contributed by atoms with Crippen LogP contribution in [-0.2, 0) is 18.9 Å². The van der Waals surface area contributed by atoms with Gasteiger partial charge in [0.25, 0.3) is 0 Å². The lowest BCUT2D eigenvalue weighted by atomic mass is 9.86. The van der Waals surface area contributed by atoms with Crippen molar-refractivity contribution < 1.29 is 147 Å². The van der Waals surface area contributed by atoms with Gasteiger partial charge in [-0.25, -0.2) is 0 Å². The molecule has 2 fully saturated rings. The van der Waals surface area contributed by atoms with Gasteiger partial charge >= 0.3 is 59.5 Å². The van der Waals surface area contributed by atoms with E-state index in [9.17, 15) is 128 Å². The van der Waals surface area contributed by atoms with Crippen molar-refractivity contribution in [3.63, 3.8) is 0 Å². The number of aliphatic hydroxyl groups excluding tert-OH is 7. The molecule has 0 aromatic heterocycles. The van der Waals surface area contributed by atoms with E-state index >= 15 is 0 Å². The Kier molecular flexibility index (Phi) is 14.0. The van der Waals surface area contributed by atoms with E-state index in [-0.39, 0.29) is 0 Å². The van der Waals surface area contributed by atoms with E-state index in [1.165, 1.54) is 0 Å². The Labute approximate surface area is 295 Å². The van der Waals surface area contributed by atoms with Crippen LogP contribution in [0.2, 0.25) is 0 Å². The molecule has 0 bridgehead atoms. The Balaban J connectivity index is 2.32. The molecule has 2 aliphatic rings. The van der Waals surface area contributed by atoms with Crippen LogP contribution in [0, 0.1) is 0 Å². The summed E-state index contributed by atoms with van der Waals surface area (Å²) in [6.07, 6.45) is -33.8. The second kappa shape index (κ2) is 15.6. The number of alkyl halides is 21. The fourth-order valence-corrected chi connectivity index (χ4v) is 4.74. The fraction of sp³-hybridized carbons (Fsp3) is 1.00. The minimum Gasteiger partial charge on any atom is -0.394 e. The zero-order valence-electron chi connectivity index (χ0n) is 26.3. The highest BCUT2D eigenvalue weighted by Crippen LogP contribution is 2.66. The van der Waals surface area contributed by atoms with Gasteiger partial charge in [0.05, 0.1) is 19.8 Å². The molecule has 0 saturated carbocycles. The van der Waals surface area contributed by atoms with Crippen molar-refractivity contribution >= 4 is 0 Å². The predicted molar refractivity (Wildman–Crippen MR) is 128 cm³/mol. The third-order valence-corrected chi connectivity index (χ3v) is 8.23. The monoisotopic (exact) mass is 888 g/mol. The maximum Gasteiger partial charge on any atom is 0.460 e. The first kappa shape index (κ1) is 50.2. The summed E-state index contributed by atoms with van der Waals surface area (Å²) in [6, 6.07) is 0. The molecule has 0 aromatic rings. The van der Waals surface area contributed by atoms with Crippen molar-refractivity contribution in [2.75, 3.05) is 19.8 Å². The smallest absolute Gasteiger partial charge is 0.394 e. The number of rotatable bonds is 16. The Hall–Kier alpha value is -1.91. The molecule has 0 aromatic carbocycles. The molecule has 2 rings (SSSR count). The van der Waals surface area contributed by atoms with E-state index in [1.54, 1.807) is 0 Å². The van der Waals surface area contributed by atoms with Crippen molar-refractivity contribution in [1.29, 1.82) is 0 Å². The van der Waals surface area contributed by atoms with Crippen LogP contribution in [0.3, 0.4) is 0 Å². The van der Waals surface area contributed by atoms with Gasteiger partial charge in [0.2, 0.25) is 0 Å². The van der Waals surface area contributed by atoms with Gasteiger partial charge in [-0.1, -0.05) is 0 Å². The number of hydrogen-bond donors (Lipinski definition) is 7. The van der Waals surface area contributed by atoms with Crippen LogP contribution in [-0.4, -0.2) is 176 Å². The van der Waals surface area contributed by atoms with Crippen molar-refractivity contribution in [2.45, 2.75) is 127 Å². The fourth-order valence-electron chi connectivity index (χ4n) is 4.74. The van der Waals surface area contributed by atoms with Crippen LogP contribution in [0.25, 0.3) is 0 Å². The summed E-state index contributed by atoms with van der Waals surface area (Å²) in [5.74, 6) is -78.7. The highest BCUT2D eigenvalue weighted by Gasteiger charge is 2.97. The first-order valence-electron chi connectivity index (χ1n) is 14.4. The minimum absolute atomic E-state index is 1.06. The van der Waals surface area contributed by atoms with Gasteiger partial charge in [-0.05, 0) is 0 Å². The molecule has 7 N–H and O–H groups in total. The van der Waals surface area contributed by atoms with Crippen molar-refractivity contribution in [3.05, 3.63) is 0 Å². The van der Waals surface area contributed by atoms with E-state index in [1.807, 2.05) is 0 Å². The second-order valence-corrected chi connectivity index (χ2v) is 11.9. The molecular weight excluding hydrogens is 863 g/mol. The van der Waals surface area contributed by atoms with Gasteiger partial charge in [-0.15, -0.1) is 0 Å². The van der Waals surface area contributed by atoms with Crippen LogP contribution >= 0.6 is 0 Å². The summed E-state index contributed by atoms with van der Waals surface area (Å²) in [5, 5.41) is 68.9. The maximum atomic E-state index is 14.3. The lowest BCUT2D eigenvalue weighted by molar-refractivity contribution is -0.474. The molecule has 334 valence electrons. The first-order chi connectivity index (χ1) is 24.7. The highest BCUT2D eigenvalue weighted by molar-refractivity contribution is 5.18. The van der Waals surface area contributed by atoms with E-state index in [4.69, 9.17) is 14.2 Å². The van der Waals surface area contributed by atoms with Crippen molar-refractivity contribution in [1.82, 2.24) is 0 Å². The molecule has 32 heteroatoms. The number of aliphatic hydroxyl groups is 7. The third-order valence-electron chi connectivity index (χ3n) is 8.23. The van der Waals surface area contributed by atoms with E-state index in [2.05, 4.69) is 4.74 Å². The number of ether oxygens (including phenoxy) is 4. The average molecular weight is 888 g/mol. The summed E-state index contributed by atoms with van der Waals surface area (Å²) in [7, 11) is 0. The average Bonchev–Trinajstić information content (AvgIpc) is 3.06. The number of hydrogen-bond acceptors (Lipinski definition) is 11. The molecule has 11 nitrogen and oxygen atoms in total. The lowest BCUT2D eigenvalue weighted by Crippen LogP contribution is -2.76. The van der Waals surface area contributed by atoms with Gasteiger partial charge in [-0.2, -0.15) is 92.2 Å². The normalized spacial score (nSPS) is 31.5. The molecule has 56 heavy (non-hydrogen) atoms. The van der Waals surface area contributed by atoms with E-state index < -0.39 is 147 Å². The molecule has 0 aliphatic carbocycles. The Morgan fingerprint density at radius 2 is 0.768 bits per heavy atom. The highest BCUT2D eigenvalue weighted by atomic mass is 19.4. The van der Waals surface area contributed by atoms with Crippen LogP contribution in [0.4, 0.5) is 92.2 Å². The zero-order valence-corrected chi connectivity index (χ0v) is 26.3. The molecule has 0 spiro atoms. The quantitative estimate of drug-likeness (QED) is 0.113. The van der Waals surface area contributed by atoms with Gasteiger partial charge in [0, 0.05) is 6.42 Å². The summed E-state index contributed by atoms with van der Waals surface area (Å²) in [4.78, 5) is 0. The van der Waals surface area contributed by atoms with Crippen LogP contribution < -0.4 is 0 Å². The molecule has 2 aliphatic heterocycles. The Bertz CT molecular complexity index is 1330. The molecule has 0 radical (unpaired) electrons. The Morgan fingerprint density at radius 1 is 0.411 bits per heavy atom.